The number of nitrogens with zero attached hydrogens (tertiary/aromatic N) is 1. The number of halogens is 12. The van der Waals surface area contributed by atoms with E-state index >= 15 is 0 Å². The van der Waals surface area contributed by atoms with E-state index < -0.39 is 72.8 Å². The van der Waals surface area contributed by atoms with Crippen molar-refractivity contribution in [3.8, 4) is 0 Å². The molecule has 0 saturated heterocycles. The molecule has 3 nitrogen and oxygen atoms in total. The molecule has 0 bridgehead atoms. The maximum Gasteiger partial charge on any atom is 0.425 e. The molecule has 0 fully saturated rings. The smallest absolute Gasteiger partial charge is 0.374 e. The predicted octanol–water partition coefficient (Wildman–Crippen LogP) is 12.4. The summed E-state index contributed by atoms with van der Waals surface area (Å²) < 4.78 is 162. The van der Waals surface area contributed by atoms with Gasteiger partial charge in [-0.15, -0.1) is 0 Å². The van der Waals surface area contributed by atoms with E-state index in [4.69, 9.17) is 13.1 Å². The minimum atomic E-state index is -5.69. The van der Waals surface area contributed by atoms with Crippen LogP contribution in [-0.2, 0) is 22.4 Å². The van der Waals surface area contributed by atoms with E-state index in [1.165, 1.54) is 6.16 Å². The molecule has 17 heteroatoms. The van der Waals surface area contributed by atoms with Crippen LogP contribution in [0.25, 0.3) is 0 Å². The summed E-state index contributed by atoms with van der Waals surface area (Å²) in [5, 5.41) is 7.94. The summed E-state index contributed by atoms with van der Waals surface area (Å²) in [6, 6.07) is 5.91. The molecule has 0 aliphatic carbocycles. The minimum Gasteiger partial charge on any atom is -0.374 e. The third-order valence-electron chi connectivity index (χ3n) is 6.38. The fraction of sp³-hybridized carbons (Fsp3) is 0.733. The van der Waals surface area contributed by atoms with Crippen molar-refractivity contribution in [2.24, 2.45) is 14.3 Å². The molecular weight excluding hydrogens is 761 g/mol. The zero-order valence-corrected chi connectivity index (χ0v) is 31.1. The van der Waals surface area contributed by atoms with Gasteiger partial charge in [0.1, 0.15) is 0 Å². The standard InChI is InChI=1S/C14H22F6OP.C12H17N.C4H4F6O.Mo/c1-10(2,3)8-22(9-11(4,5)6)21-12(7,13(15,16)17)14(18,19)20;1-8(2)10-6-5-7-11(9(3)4)12(10)13;1-2(11,3(5,6)7)4(8,9)10;/h8H,1-7H3;5-9H,1-4H3;11H,1H3;/q-1;;;. The molecule has 1 N–H and O–H groups in total. The summed E-state index contributed by atoms with van der Waals surface area (Å²) in [5.74, 6) is 0.316. The van der Waals surface area contributed by atoms with E-state index in [9.17, 15) is 52.7 Å². The molecule has 0 aliphatic rings. The molecule has 0 saturated carbocycles. The van der Waals surface area contributed by atoms with E-state index in [0.29, 0.717) is 3.64 Å². The zero-order chi connectivity index (χ0) is 38.0. The van der Waals surface area contributed by atoms with Crippen LogP contribution in [-0.4, -0.2) is 44.7 Å². The molecule has 1 aromatic rings. The van der Waals surface area contributed by atoms with Gasteiger partial charge in [-0.1, -0.05) is 0 Å². The van der Waals surface area contributed by atoms with Gasteiger partial charge in [-0.3, -0.25) is 0 Å². The van der Waals surface area contributed by atoms with Crippen LogP contribution in [0.2, 0.25) is 0 Å². The molecule has 0 aromatic heterocycles. The van der Waals surface area contributed by atoms with Crippen molar-refractivity contribution in [3.05, 3.63) is 35.5 Å². The fourth-order valence-corrected chi connectivity index (χ4v) is 8.74. The Kier molecular flexibility index (Phi) is 15.2. The van der Waals surface area contributed by atoms with E-state index in [1.54, 1.807) is 41.5 Å². The van der Waals surface area contributed by atoms with Crippen LogP contribution in [0.15, 0.2) is 21.7 Å². The average Bonchev–Trinajstić information content (AvgIpc) is 2.79. The zero-order valence-electron chi connectivity index (χ0n) is 28.2. The van der Waals surface area contributed by atoms with Gasteiger partial charge in [0.25, 0.3) is 5.60 Å². The molecule has 1 aromatic carbocycles. The second-order valence-corrected chi connectivity index (χ2v) is 18.1. The molecule has 1 atom stereocenters. The van der Waals surface area contributed by atoms with E-state index in [2.05, 4.69) is 0 Å². The number of rotatable bonds is 7. The Balaban J connectivity index is 0.00000163. The first-order valence-electron chi connectivity index (χ1n) is 14.1. The van der Waals surface area contributed by atoms with Crippen LogP contribution in [0, 0.1) is 17.0 Å². The number of alkyl halides is 12. The first kappa shape index (κ1) is 46.1. The molecule has 276 valence electrons. The van der Waals surface area contributed by atoms with Crippen molar-refractivity contribution in [2.45, 2.75) is 131 Å². The molecule has 1 rings (SSSR count). The second-order valence-electron chi connectivity index (χ2n) is 13.8. The molecule has 0 aliphatic heterocycles. The Hall–Kier alpha value is -0.912. The maximum absolute atomic E-state index is 13.8. The quantitative estimate of drug-likeness (QED) is 0.129. The van der Waals surface area contributed by atoms with Gasteiger partial charge in [0.2, 0.25) is 0 Å². The minimum absolute atomic E-state index is 0.0851. The first-order valence-corrected chi connectivity index (χ1v) is 17.4. The van der Waals surface area contributed by atoms with E-state index in [-0.39, 0.29) is 25.7 Å². The summed E-state index contributed by atoms with van der Waals surface area (Å²) in [5.41, 5.74) is -7.48. The van der Waals surface area contributed by atoms with Crippen molar-refractivity contribution >= 4 is 17.5 Å². The SMILES string of the molecule is CC(C)c1cccc(C(C)C)c1[N]=[Mo]=[C](P([CH-]C(C)(C)C)OC(C)(C(F)(F)F)C(F)(F)F)C(C)(C)C.CC(O)(C(F)(F)F)C(F)(F)F. The normalized spacial score (nSPS) is 15.0. The molecule has 0 amide bonds. The molecule has 0 heterocycles. The summed E-state index contributed by atoms with van der Waals surface area (Å²) in [6.07, 6.45) is -21.1. The summed E-state index contributed by atoms with van der Waals surface area (Å²) in [7, 11) is -2.35. The van der Waals surface area contributed by atoms with Gasteiger partial charge in [-0.2, -0.15) is 26.3 Å². The number of hydrogen-bond donors (Lipinski definition) is 1. The van der Waals surface area contributed by atoms with Crippen molar-refractivity contribution in [1.82, 2.24) is 0 Å². The van der Waals surface area contributed by atoms with Crippen molar-refractivity contribution in [2.75, 3.05) is 0 Å². The second kappa shape index (κ2) is 15.5. The first-order chi connectivity index (χ1) is 20.4. The van der Waals surface area contributed by atoms with Crippen LogP contribution in [0.4, 0.5) is 58.4 Å². The van der Waals surface area contributed by atoms with Gasteiger partial charge in [0, 0.05) is 0 Å². The molecule has 47 heavy (non-hydrogen) atoms. The van der Waals surface area contributed by atoms with Crippen LogP contribution in [0.1, 0.15) is 106 Å². The summed E-state index contributed by atoms with van der Waals surface area (Å²) in [4.78, 5) is 0. The third kappa shape index (κ3) is 12.4. The predicted molar refractivity (Wildman–Crippen MR) is 156 cm³/mol. The third-order valence-corrected chi connectivity index (χ3v) is 13.4. The van der Waals surface area contributed by atoms with Crippen LogP contribution >= 0.6 is 8.15 Å². The van der Waals surface area contributed by atoms with E-state index in [1.807, 2.05) is 45.9 Å². The summed E-state index contributed by atoms with van der Waals surface area (Å²) in [6.45, 7) is 18.5. The van der Waals surface area contributed by atoms with Gasteiger partial charge < -0.3 is 5.11 Å². The number of aliphatic hydroxyl groups is 1. The monoisotopic (exact) mass is 806 g/mol. The molecule has 1 unspecified atom stereocenters. The Bertz CT molecular complexity index is 1190. The van der Waals surface area contributed by atoms with Gasteiger partial charge in [0.05, 0.1) is 0 Å². The van der Waals surface area contributed by atoms with Crippen molar-refractivity contribution in [1.29, 1.82) is 0 Å². The maximum atomic E-state index is 13.8. The van der Waals surface area contributed by atoms with Gasteiger partial charge in [0.15, 0.2) is 0 Å². The Morgan fingerprint density at radius 2 is 1.06 bits per heavy atom. The van der Waals surface area contributed by atoms with Crippen molar-refractivity contribution in [3.63, 3.8) is 0 Å². The topological polar surface area (TPSA) is 41.8 Å². The Morgan fingerprint density at radius 3 is 1.30 bits per heavy atom. The molecule has 0 spiro atoms. The Morgan fingerprint density at radius 1 is 0.702 bits per heavy atom. The van der Waals surface area contributed by atoms with Crippen LogP contribution in [0.3, 0.4) is 0 Å². The van der Waals surface area contributed by atoms with Gasteiger partial charge in [-0.05, 0) is 6.92 Å². The fourth-order valence-electron chi connectivity index (χ4n) is 3.31. The molecular formula is C30H43F12MoNO2P-. The van der Waals surface area contributed by atoms with Crippen LogP contribution in [0.5, 0.6) is 0 Å². The summed E-state index contributed by atoms with van der Waals surface area (Å²) >= 11 is -1.57. The molecule has 0 radical (unpaired) electrons. The average molecular weight is 805 g/mol. The van der Waals surface area contributed by atoms with E-state index in [0.717, 1.165) is 16.8 Å². The Labute approximate surface area is 278 Å². The van der Waals surface area contributed by atoms with Gasteiger partial charge in [-0.25, -0.2) is 0 Å². The number of benzene rings is 1. The van der Waals surface area contributed by atoms with Crippen molar-refractivity contribution < 1.29 is 80.2 Å². The number of hydrogen-bond acceptors (Lipinski definition) is 3. The van der Waals surface area contributed by atoms with Crippen LogP contribution < -0.4 is 0 Å². The van der Waals surface area contributed by atoms with Gasteiger partial charge >= 0.3 is 234 Å². The largest absolute Gasteiger partial charge is 0.425 e.